The maximum absolute atomic E-state index is 13.0. The first kappa shape index (κ1) is 25.5. The maximum Gasteiger partial charge on any atom is 0.255 e. The van der Waals surface area contributed by atoms with Crippen LogP contribution in [0.25, 0.3) is 11.1 Å². The van der Waals surface area contributed by atoms with Gasteiger partial charge in [0.1, 0.15) is 5.75 Å². The molecule has 0 aromatic heterocycles. The fourth-order valence-electron chi connectivity index (χ4n) is 4.33. The molecule has 190 valence electrons. The van der Waals surface area contributed by atoms with Gasteiger partial charge in [0.2, 0.25) is 10.0 Å². The van der Waals surface area contributed by atoms with Crippen molar-refractivity contribution in [2.24, 2.45) is 0 Å². The normalized spacial score (nSPS) is 14.4. The van der Waals surface area contributed by atoms with Crippen LogP contribution in [0, 0.1) is 6.92 Å². The molecule has 4 rings (SSSR count). The van der Waals surface area contributed by atoms with Gasteiger partial charge in [0, 0.05) is 43.1 Å². The molecule has 0 radical (unpaired) electrons. The van der Waals surface area contributed by atoms with Crippen LogP contribution in [0.4, 0.5) is 17.1 Å². The number of nitrogens with one attached hydrogen (secondary N) is 2. The van der Waals surface area contributed by atoms with Crippen LogP contribution in [-0.4, -0.2) is 65.8 Å². The topological polar surface area (TPSA) is 91.0 Å². The fourth-order valence-corrected chi connectivity index (χ4v) is 4.89. The van der Waals surface area contributed by atoms with E-state index in [0.29, 0.717) is 16.9 Å². The van der Waals surface area contributed by atoms with Crippen LogP contribution in [0.2, 0.25) is 0 Å². The van der Waals surface area contributed by atoms with Crippen LogP contribution < -0.4 is 19.7 Å². The molecular weight excluding hydrogens is 476 g/mol. The van der Waals surface area contributed by atoms with E-state index >= 15 is 0 Å². The fraction of sp³-hybridized carbons (Fsp3) is 0.296. The zero-order valence-corrected chi connectivity index (χ0v) is 21.9. The summed E-state index contributed by atoms with van der Waals surface area (Å²) in [4.78, 5) is 17.5. The summed E-state index contributed by atoms with van der Waals surface area (Å²) in [7, 11) is 0.439. The Bertz CT molecular complexity index is 1350. The quantitative estimate of drug-likeness (QED) is 0.501. The second-order valence-electron chi connectivity index (χ2n) is 9.11. The minimum Gasteiger partial charge on any atom is -0.495 e. The number of methoxy groups -OCH3 is 1. The lowest BCUT2D eigenvalue weighted by Gasteiger charge is -2.34. The Morgan fingerprint density at radius 3 is 2.19 bits per heavy atom. The standard InChI is InChI=1S/C27H32N4O4S/c1-19-17-23(29-36(4,33)34)9-11-24(19)20-5-7-21(8-6-20)27(32)28-22-10-12-26(35-3)25(18-22)31-15-13-30(2)14-16-31/h5-12,17-18,29H,13-16H2,1-4H3,(H,28,32). The third-order valence-electron chi connectivity index (χ3n) is 6.27. The van der Waals surface area contributed by atoms with Crippen LogP contribution in [0.3, 0.4) is 0 Å². The number of rotatable bonds is 7. The predicted molar refractivity (Wildman–Crippen MR) is 146 cm³/mol. The summed E-state index contributed by atoms with van der Waals surface area (Å²) in [6.07, 6.45) is 1.12. The van der Waals surface area contributed by atoms with E-state index in [1.807, 2.05) is 43.3 Å². The lowest BCUT2D eigenvalue weighted by atomic mass is 9.99. The van der Waals surface area contributed by atoms with Gasteiger partial charge in [0.15, 0.2) is 0 Å². The molecule has 3 aromatic rings. The van der Waals surface area contributed by atoms with Crippen molar-refractivity contribution >= 4 is 33.0 Å². The maximum atomic E-state index is 13.0. The number of hydrogen-bond donors (Lipinski definition) is 2. The Morgan fingerprint density at radius 1 is 0.917 bits per heavy atom. The van der Waals surface area contributed by atoms with Crippen molar-refractivity contribution in [2.45, 2.75) is 6.92 Å². The second-order valence-corrected chi connectivity index (χ2v) is 10.9. The molecule has 9 heteroatoms. The minimum absolute atomic E-state index is 0.194. The number of likely N-dealkylation sites (N-methyl/N-ethyl adjacent to an activating group) is 1. The molecule has 1 fully saturated rings. The van der Waals surface area contributed by atoms with Crippen LogP contribution in [0.5, 0.6) is 5.75 Å². The van der Waals surface area contributed by atoms with Crippen LogP contribution in [0.1, 0.15) is 15.9 Å². The monoisotopic (exact) mass is 508 g/mol. The second kappa shape index (κ2) is 10.6. The first-order valence-electron chi connectivity index (χ1n) is 11.7. The number of benzene rings is 3. The van der Waals surface area contributed by atoms with Gasteiger partial charge in [-0.3, -0.25) is 9.52 Å². The zero-order chi connectivity index (χ0) is 25.9. The molecule has 1 aliphatic rings. The van der Waals surface area contributed by atoms with Gasteiger partial charge < -0.3 is 19.9 Å². The van der Waals surface area contributed by atoms with E-state index in [-0.39, 0.29) is 5.91 Å². The summed E-state index contributed by atoms with van der Waals surface area (Å²) >= 11 is 0. The number of nitrogens with zero attached hydrogens (tertiary/aromatic N) is 2. The van der Waals surface area contributed by atoms with Gasteiger partial charge in [-0.05, 0) is 73.1 Å². The molecule has 3 aromatic carbocycles. The van der Waals surface area contributed by atoms with E-state index in [4.69, 9.17) is 4.74 Å². The molecule has 0 atom stereocenters. The lowest BCUT2D eigenvalue weighted by Crippen LogP contribution is -2.44. The van der Waals surface area contributed by atoms with E-state index < -0.39 is 10.0 Å². The van der Waals surface area contributed by atoms with E-state index in [2.05, 4.69) is 26.9 Å². The highest BCUT2D eigenvalue weighted by Gasteiger charge is 2.19. The summed E-state index contributed by atoms with van der Waals surface area (Å²) in [5.41, 5.74) is 5.58. The molecule has 1 aliphatic heterocycles. The van der Waals surface area contributed by atoms with Crippen molar-refractivity contribution in [1.29, 1.82) is 0 Å². The SMILES string of the molecule is COc1ccc(NC(=O)c2ccc(-c3ccc(NS(C)(=O)=O)cc3C)cc2)cc1N1CCN(C)CC1. The zero-order valence-electron chi connectivity index (χ0n) is 21.0. The predicted octanol–water partition coefficient (Wildman–Crippen LogP) is 4.05. The molecule has 0 saturated carbocycles. The summed E-state index contributed by atoms with van der Waals surface area (Å²) in [6, 6.07) is 18.5. The summed E-state index contributed by atoms with van der Waals surface area (Å²) < 4.78 is 31.0. The largest absolute Gasteiger partial charge is 0.495 e. The molecule has 1 amide bonds. The minimum atomic E-state index is -3.33. The average molecular weight is 509 g/mol. The molecule has 0 unspecified atom stereocenters. The van der Waals surface area contributed by atoms with Gasteiger partial charge in [-0.2, -0.15) is 0 Å². The van der Waals surface area contributed by atoms with Gasteiger partial charge in [-0.1, -0.05) is 18.2 Å². The molecular formula is C27H32N4O4S. The molecule has 0 bridgehead atoms. The van der Waals surface area contributed by atoms with Crippen molar-refractivity contribution in [3.8, 4) is 16.9 Å². The Labute approximate surface area is 212 Å². The van der Waals surface area contributed by atoms with Crippen LogP contribution in [0.15, 0.2) is 60.7 Å². The number of piperazine rings is 1. The highest BCUT2D eigenvalue weighted by Crippen LogP contribution is 2.32. The van der Waals surface area contributed by atoms with Crippen molar-refractivity contribution in [3.63, 3.8) is 0 Å². The lowest BCUT2D eigenvalue weighted by molar-refractivity contribution is 0.102. The Morgan fingerprint density at radius 2 is 1.58 bits per heavy atom. The van der Waals surface area contributed by atoms with E-state index in [0.717, 1.165) is 60.6 Å². The van der Waals surface area contributed by atoms with Gasteiger partial charge in [-0.15, -0.1) is 0 Å². The van der Waals surface area contributed by atoms with E-state index in [1.165, 1.54) is 0 Å². The molecule has 1 heterocycles. The Balaban J connectivity index is 1.48. The van der Waals surface area contributed by atoms with Gasteiger partial charge in [-0.25, -0.2) is 8.42 Å². The van der Waals surface area contributed by atoms with Crippen molar-refractivity contribution in [1.82, 2.24) is 4.90 Å². The smallest absolute Gasteiger partial charge is 0.255 e. The first-order chi connectivity index (χ1) is 17.1. The summed E-state index contributed by atoms with van der Waals surface area (Å²) in [6.45, 7) is 5.67. The van der Waals surface area contributed by atoms with Crippen LogP contribution >= 0.6 is 0 Å². The highest BCUT2D eigenvalue weighted by atomic mass is 32.2. The number of aryl methyl sites for hydroxylation is 1. The molecule has 0 spiro atoms. The van der Waals surface area contributed by atoms with E-state index in [9.17, 15) is 13.2 Å². The number of sulfonamides is 1. The number of hydrogen-bond acceptors (Lipinski definition) is 6. The van der Waals surface area contributed by atoms with Crippen molar-refractivity contribution in [2.75, 3.05) is 61.5 Å². The highest BCUT2D eigenvalue weighted by molar-refractivity contribution is 7.92. The molecule has 1 saturated heterocycles. The average Bonchev–Trinajstić information content (AvgIpc) is 2.84. The molecule has 36 heavy (non-hydrogen) atoms. The third kappa shape index (κ3) is 6.16. The number of amides is 1. The van der Waals surface area contributed by atoms with Gasteiger partial charge in [0.05, 0.1) is 19.1 Å². The molecule has 0 aliphatic carbocycles. The molecule has 8 nitrogen and oxygen atoms in total. The van der Waals surface area contributed by atoms with E-state index in [1.54, 1.807) is 31.4 Å². The number of carbonyl (C=O) groups excluding carboxylic acids is 1. The van der Waals surface area contributed by atoms with Crippen molar-refractivity contribution < 1.29 is 17.9 Å². The first-order valence-corrected chi connectivity index (χ1v) is 13.6. The summed E-state index contributed by atoms with van der Waals surface area (Å²) in [5.74, 6) is 0.593. The Kier molecular flexibility index (Phi) is 7.51. The van der Waals surface area contributed by atoms with Crippen LogP contribution in [-0.2, 0) is 10.0 Å². The number of anilines is 3. The Hall–Kier alpha value is -3.56. The van der Waals surface area contributed by atoms with Crippen molar-refractivity contribution in [3.05, 3.63) is 71.8 Å². The van der Waals surface area contributed by atoms with Gasteiger partial charge >= 0.3 is 0 Å². The third-order valence-corrected chi connectivity index (χ3v) is 6.87. The summed E-state index contributed by atoms with van der Waals surface area (Å²) in [5, 5.41) is 3.00. The van der Waals surface area contributed by atoms with Gasteiger partial charge in [0.25, 0.3) is 5.91 Å². The molecule has 2 N–H and O–H groups in total. The number of carbonyl (C=O) groups is 1. The number of ether oxygens (including phenoxy) is 1.